The molecule has 1 aromatic carbocycles. The second kappa shape index (κ2) is 8.52. The van der Waals surface area contributed by atoms with E-state index in [2.05, 4.69) is 15.7 Å². The highest BCUT2D eigenvalue weighted by Gasteiger charge is 2.20. The number of hydrogen-bond acceptors (Lipinski definition) is 4. The molecule has 0 atom stereocenters. The number of carbonyl (C=O) groups excluding carboxylic acids is 2. The molecule has 2 rings (SSSR count). The van der Waals surface area contributed by atoms with Crippen LogP contribution in [0.4, 0.5) is 14.5 Å². The number of anilines is 1. The van der Waals surface area contributed by atoms with Crippen molar-refractivity contribution in [3.05, 3.63) is 46.8 Å². The lowest BCUT2D eigenvalue weighted by Gasteiger charge is -2.11. The van der Waals surface area contributed by atoms with Crippen LogP contribution in [0.3, 0.4) is 0 Å². The monoisotopic (exact) mass is 365 g/mol. The van der Waals surface area contributed by atoms with Gasteiger partial charge in [-0.1, -0.05) is 12.1 Å². The summed E-state index contributed by atoms with van der Waals surface area (Å²) in [6.45, 7) is 0.905. The number of aryl methyl sites for hydroxylation is 1. The smallest absolute Gasteiger partial charge is 0.333 e. The standard InChI is InChI=1S/C17H21F2N5O2/c1-10-13(11(2)24(23-10)17(18)19)9-15(25)22-14-6-4-3-5-12(14)16(26)21-8-7-20/h3-6,17H,7-9,20H2,1-2H3,(H,21,26)(H,22,25). The fourth-order valence-electron chi connectivity index (χ4n) is 2.57. The van der Waals surface area contributed by atoms with Crippen LogP contribution in [0.5, 0.6) is 0 Å². The van der Waals surface area contributed by atoms with Gasteiger partial charge in [-0.3, -0.25) is 9.59 Å². The summed E-state index contributed by atoms with van der Waals surface area (Å²) in [5, 5.41) is 9.05. The molecule has 2 aromatic rings. The summed E-state index contributed by atoms with van der Waals surface area (Å²) in [5.74, 6) is -0.784. The van der Waals surface area contributed by atoms with Gasteiger partial charge in [0.2, 0.25) is 5.91 Å². The summed E-state index contributed by atoms with van der Waals surface area (Å²) in [7, 11) is 0. The molecule has 0 aliphatic rings. The fourth-order valence-corrected chi connectivity index (χ4v) is 2.57. The number of nitrogens with two attached hydrogens (primary N) is 1. The number of carbonyl (C=O) groups is 2. The van der Waals surface area contributed by atoms with Crippen molar-refractivity contribution in [2.24, 2.45) is 5.73 Å². The van der Waals surface area contributed by atoms with Crippen molar-refractivity contribution in [3.8, 4) is 0 Å². The molecule has 0 saturated heterocycles. The van der Waals surface area contributed by atoms with E-state index >= 15 is 0 Å². The lowest BCUT2D eigenvalue weighted by Crippen LogP contribution is -2.30. The predicted molar refractivity (Wildman–Crippen MR) is 93.1 cm³/mol. The molecule has 1 aromatic heterocycles. The van der Waals surface area contributed by atoms with Gasteiger partial charge >= 0.3 is 6.55 Å². The van der Waals surface area contributed by atoms with Crippen molar-refractivity contribution in [1.82, 2.24) is 15.1 Å². The largest absolute Gasteiger partial charge is 0.351 e. The third-order valence-corrected chi connectivity index (χ3v) is 3.87. The molecular weight excluding hydrogens is 344 g/mol. The second-order valence-corrected chi connectivity index (χ2v) is 5.69. The van der Waals surface area contributed by atoms with E-state index in [0.29, 0.717) is 40.3 Å². The minimum atomic E-state index is -2.77. The minimum Gasteiger partial charge on any atom is -0.351 e. The summed E-state index contributed by atoms with van der Waals surface area (Å²) >= 11 is 0. The van der Waals surface area contributed by atoms with E-state index in [1.54, 1.807) is 31.2 Å². The van der Waals surface area contributed by atoms with E-state index in [4.69, 9.17) is 5.73 Å². The second-order valence-electron chi connectivity index (χ2n) is 5.69. The Morgan fingerprint density at radius 3 is 2.58 bits per heavy atom. The van der Waals surface area contributed by atoms with Gasteiger partial charge < -0.3 is 16.4 Å². The van der Waals surface area contributed by atoms with Crippen molar-refractivity contribution in [3.63, 3.8) is 0 Å². The molecule has 0 saturated carbocycles. The van der Waals surface area contributed by atoms with Gasteiger partial charge in [0, 0.05) is 24.3 Å². The molecule has 2 amide bonds. The number of halogens is 2. The van der Waals surface area contributed by atoms with Crippen LogP contribution in [0, 0.1) is 13.8 Å². The zero-order valence-electron chi connectivity index (χ0n) is 14.6. The molecule has 140 valence electrons. The Balaban J connectivity index is 2.15. The number of nitrogens with zero attached hydrogens (tertiary/aromatic N) is 2. The predicted octanol–water partition coefficient (Wildman–Crippen LogP) is 1.76. The first-order valence-corrected chi connectivity index (χ1v) is 8.05. The molecule has 4 N–H and O–H groups in total. The first kappa shape index (κ1) is 19.5. The zero-order valence-corrected chi connectivity index (χ0v) is 14.6. The Morgan fingerprint density at radius 1 is 1.27 bits per heavy atom. The van der Waals surface area contributed by atoms with Gasteiger partial charge in [-0.2, -0.15) is 13.9 Å². The molecule has 0 aliphatic heterocycles. The number of rotatable bonds is 7. The van der Waals surface area contributed by atoms with E-state index in [1.807, 2.05) is 0 Å². The highest BCUT2D eigenvalue weighted by atomic mass is 19.3. The van der Waals surface area contributed by atoms with E-state index < -0.39 is 12.5 Å². The fraction of sp³-hybridized carbons (Fsp3) is 0.353. The Kier molecular flexibility index (Phi) is 6.40. The normalized spacial score (nSPS) is 10.8. The van der Waals surface area contributed by atoms with Crippen molar-refractivity contribution in [2.45, 2.75) is 26.8 Å². The number of alkyl halides is 2. The molecule has 1 heterocycles. The van der Waals surface area contributed by atoms with Crippen LogP contribution in [-0.4, -0.2) is 34.7 Å². The van der Waals surface area contributed by atoms with Crippen LogP contribution < -0.4 is 16.4 Å². The Bertz CT molecular complexity index is 804. The number of hydrogen-bond donors (Lipinski definition) is 3. The lowest BCUT2D eigenvalue weighted by atomic mass is 10.1. The summed E-state index contributed by atoms with van der Waals surface area (Å²) in [6.07, 6.45) is -0.122. The number of para-hydroxylation sites is 1. The van der Waals surface area contributed by atoms with Gasteiger partial charge in [0.05, 0.1) is 23.4 Å². The molecule has 0 aliphatic carbocycles. The number of amides is 2. The quantitative estimate of drug-likeness (QED) is 0.696. The average molecular weight is 365 g/mol. The SMILES string of the molecule is Cc1nn(C(F)F)c(C)c1CC(=O)Nc1ccccc1C(=O)NCCN. The Labute approximate surface area is 149 Å². The summed E-state index contributed by atoms with van der Waals surface area (Å²) in [6, 6.07) is 6.53. The van der Waals surface area contributed by atoms with Gasteiger partial charge in [-0.05, 0) is 26.0 Å². The summed E-state index contributed by atoms with van der Waals surface area (Å²) < 4.78 is 26.4. The molecular formula is C17H21F2N5O2. The molecule has 0 fully saturated rings. The lowest BCUT2D eigenvalue weighted by molar-refractivity contribution is -0.115. The van der Waals surface area contributed by atoms with E-state index in [0.717, 1.165) is 0 Å². The maximum absolute atomic E-state index is 12.9. The maximum Gasteiger partial charge on any atom is 0.333 e. The van der Waals surface area contributed by atoms with E-state index in [-0.39, 0.29) is 18.0 Å². The minimum absolute atomic E-state index is 0.122. The highest BCUT2D eigenvalue weighted by molar-refractivity contribution is 6.04. The first-order valence-electron chi connectivity index (χ1n) is 8.05. The molecule has 0 bridgehead atoms. The Hall–Kier alpha value is -2.81. The first-order chi connectivity index (χ1) is 12.3. The number of nitrogens with one attached hydrogen (secondary N) is 2. The van der Waals surface area contributed by atoms with Gasteiger partial charge in [0.1, 0.15) is 0 Å². The summed E-state index contributed by atoms with van der Waals surface area (Å²) in [5.41, 5.74) is 7.04. The topological polar surface area (TPSA) is 102 Å². The number of aromatic nitrogens is 2. The molecule has 9 heteroatoms. The molecule has 7 nitrogen and oxygen atoms in total. The van der Waals surface area contributed by atoms with Crippen molar-refractivity contribution < 1.29 is 18.4 Å². The average Bonchev–Trinajstić information content (AvgIpc) is 2.88. The molecule has 0 spiro atoms. The molecule has 26 heavy (non-hydrogen) atoms. The van der Waals surface area contributed by atoms with Gasteiger partial charge in [-0.15, -0.1) is 0 Å². The van der Waals surface area contributed by atoms with Gasteiger partial charge in [0.15, 0.2) is 0 Å². The van der Waals surface area contributed by atoms with Crippen molar-refractivity contribution >= 4 is 17.5 Å². The molecule has 0 radical (unpaired) electrons. The van der Waals surface area contributed by atoms with Crippen LogP contribution in [0.2, 0.25) is 0 Å². The van der Waals surface area contributed by atoms with Crippen LogP contribution in [-0.2, 0) is 11.2 Å². The Morgan fingerprint density at radius 2 is 1.96 bits per heavy atom. The van der Waals surface area contributed by atoms with E-state index in [1.165, 1.54) is 6.92 Å². The van der Waals surface area contributed by atoms with Crippen molar-refractivity contribution in [2.75, 3.05) is 18.4 Å². The van der Waals surface area contributed by atoms with Crippen LogP contribution in [0.1, 0.15) is 33.9 Å². The molecule has 0 unspecified atom stereocenters. The third kappa shape index (κ3) is 4.42. The van der Waals surface area contributed by atoms with Gasteiger partial charge in [0.25, 0.3) is 5.91 Å². The summed E-state index contributed by atoms with van der Waals surface area (Å²) in [4.78, 5) is 24.5. The zero-order chi connectivity index (χ0) is 19.3. The van der Waals surface area contributed by atoms with Crippen LogP contribution in [0.25, 0.3) is 0 Å². The highest BCUT2D eigenvalue weighted by Crippen LogP contribution is 2.21. The van der Waals surface area contributed by atoms with Crippen LogP contribution >= 0.6 is 0 Å². The third-order valence-electron chi connectivity index (χ3n) is 3.87. The van der Waals surface area contributed by atoms with Crippen molar-refractivity contribution in [1.29, 1.82) is 0 Å². The maximum atomic E-state index is 12.9. The van der Waals surface area contributed by atoms with E-state index in [9.17, 15) is 18.4 Å². The van der Waals surface area contributed by atoms with Crippen LogP contribution in [0.15, 0.2) is 24.3 Å². The number of benzene rings is 1. The van der Waals surface area contributed by atoms with Gasteiger partial charge in [-0.25, -0.2) is 4.68 Å².